The predicted molar refractivity (Wildman–Crippen MR) is 158 cm³/mol. The fourth-order valence-electron chi connectivity index (χ4n) is 5.04. The fraction of sp³-hybridized carbons (Fsp3) is 0.387. The van der Waals surface area contributed by atoms with Crippen molar-refractivity contribution in [2.24, 2.45) is 0 Å². The van der Waals surface area contributed by atoms with Gasteiger partial charge in [-0.2, -0.15) is 0 Å². The molecule has 3 heterocycles. The highest BCUT2D eigenvalue weighted by Gasteiger charge is 2.16. The Morgan fingerprint density at radius 2 is 1.62 bits per heavy atom. The molecular weight excluding hydrogens is 504 g/mol. The van der Waals surface area contributed by atoms with E-state index in [1.54, 1.807) is 24.4 Å². The summed E-state index contributed by atoms with van der Waals surface area (Å²) in [6, 6.07) is 16.8. The van der Waals surface area contributed by atoms with Crippen LogP contribution in [0.5, 0.6) is 0 Å². The maximum absolute atomic E-state index is 13.1. The van der Waals surface area contributed by atoms with Gasteiger partial charge in [-0.1, -0.05) is 18.2 Å². The van der Waals surface area contributed by atoms with Gasteiger partial charge in [0.15, 0.2) is 0 Å². The number of nitrogens with zero attached hydrogens (tertiary/aromatic N) is 4. The van der Waals surface area contributed by atoms with E-state index in [4.69, 9.17) is 4.74 Å². The van der Waals surface area contributed by atoms with E-state index in [9.17, 15) is 9.59 Å². The van der Waals surface area contributed by atoms with Crippen molar-refractivity contribution >= 4 is 29.0 Å². The molecule has 2 amide bonds. The van der Waals surface area contributed by atoms with Gasteiger partial charge in [0.05, 0.1) is 13.2 Å². The van der Waals surface area contributed by atoms with Crippen LogP contribution in [-0.2, 0) is 11.3 Å². The van der Waals surface area contributed by atoms with Gasteiger partial charge in [-0.25, -0.2) is 4.98 Å². The van der Waals surface area contributed by atoms with Crippen LogP contribution in [0.1, 0.15) is 38.3 Å². The molecular formula is C31H38N6O3. The number of nitrogens with one attached hydrogen (secondary N) is 2. The molecule has 210 valence electrons. The fourth-order valence-corrected chi connectivity index (χ4v) is 5.04. The number of aryl methyl sites for hydroxylation is 1. The lowest BCUT2D eigenvalue weighted by molar-refractivity contribution is 0.101. The van der Waals surface area contributed by atoms with E-state index in [2.05, 4.69) is 37.4 Å². The summed E-state index contributed by atoms with van der Waals surface area (Å²) in [4.78, 5) is 37.5. The smallest absolute Gasteiger partial charge is 0.255 e. The van der Waals surface area contributed by atoms with Crippen LogP contribution in [0.3, 0.4) is 0 Å². The van der Waals surface area contributed by atoms with Crippen molar-refractivity contribution in [2.75, 3.05) is 75.1 Å². The molecule has 5 rings (SSSR count). The SMILES string of the molecule is Cc1ccc(NC(=O)c2ccnc(N3CCOCC3)c2)cc1NC(=O)c1ccc(CN2CCCN(C)CC2)cc1. The summed E-state index contributed by atoms with van der Waals surface area (Å²) < 4.78 is 5.41. The van der Waals surface area contributed by atoms with Crippen molar-refractivity contribution in [1.29, 1.82) is 0 Å². The molecule has 9 heteroatoms. The number of anilines is 3. The second-order valence-corrected chi connectivity index (χ2v) is 10.6. The third kappa shape index (κ3) is 7.24. The standard InChI is InChI=1S/C31H38N6O3/c1-23-4-9-27(33-31(39)26-10-11-32-29(20-26)37-16-18-40-19-17-37)21-28(23)34-30(38)25-7-5-24(6-8-25)22-36-13-3-12-35(2)14-15-36/h4-11,20-21H,3,12-19,22H2,1-2H3,(H,33,39)(H,34,38). The first-order chi connectivity index (χ1) is 19.4. The Morgan fingerprint density at radius 3 is 2.42 bits per heavy atom. The van der Waals surface area contributed by atoms with Gasteiger partial charge in [0, 0.05) is 61.4 Å². The number of carbonyl (C=O) groups excluding carboxylic acids is 2. The highest BCUT2D eigenvalue weighted by Crippen LogP contribution is 2.23. The molecule has 40 heavy (non-hydrogen) atoms. The zero-order valence-corrected chi connectivity index (χ0v) is 23.4. The molecule has 9 nitrogen and oxygen atoms in total. The summed E-state index contributed by atoms with van der Waals surface area (Å²) in [5, 5.41) is 5.96. The molecule has 3 aromatic rings. The number of hydrogen-bond acceptors (Lipinski definition) is 7. The maximum Gasteiger partial charge on any atom is 0.255 e. The lowest BCUT2D eigenvalue weighted by Crippen LogP contribution is -2.36. The van der Waals surface area contributed by atoms with Gasteiger partial charge < -0.3 is 25.2 Å². The Bertz CT molecular complexity index is 1320. The van der Waals surface area contributed by atoms with Gasteiger partial charge in [0.25, 0.3) is 11.8 Å². The first kappa shape index (κ1) is 27.8. The Morgan fingerprint density at radius 1 is 0.850 bits per heavy atom. The van der Waals surface area contributed by atoms with E-state index in [1.807, 2.05) is 43.3 Å². The van der Waals surface area contributed by atoms with Gasteiger partial charge in [-0.3, -0.25) is 14.5 Å². The Hall–Kier alpha value is -3.79. The number of morpholine rings is 1. The van der Waals surface area contributed by atoms with E-state index < -0.39 is 0 Å². The zero-order chi connectivity index (χ0) is 27.9. The first-order valence-corrected chi connectivity index (χ1v) is 14.0. The van der Waals surface area contributed by atoms with Crippen LogP contribution in [0.15, 0.2) is 60.8 Å². The summed E-state index contributed by atoms with van der Waals surface area (Å²) in [5.74, 6) is 0.348. The molecule has 2 aliphatic rings. The van der Waals surface area contributed by atoms with Crippen LogP contribution in [0.4, 0.5) is 17.2 Å². The summed E-state index contributed by atoms with van der Waals surface area (Å²) in [6.07, 6.45) is 2.83. The molecule has 0 aliphatic carbocycles. The third-order valence-electron chi connectivity index (χ3n) is 7.52. The molecule has 2 aromatic carbocycles. The highest BCUT2D eigenvalue weighted by molar-refractivity contribution is 6.07. The second kappa shape index (κ2) is 13.0. The van der Waals surface area contributed by atoms with Crippen molar-refractivity contribution in [3.63, 3.8) is 0 Å². The van der Waals surface area contributed by atoms with Gasteiger partial charge in [-0.15, -0.1) is 0 Å². The molecule has 1 aromatic heterocycles. The summed E-state index contributed by atoms with van der Waals surface area (Å²) in [6.45, 7) is 9.99. The van der Waals surface area contributed by atoms with Crippen molar-refractivity contribution < 1.29 is 14.3 Å². The number of amides is 2. The zero-order valence-electron chi connectivity index (χ0n) is 23.4. The molecule has 2 aliphatic heterocycles. The molecule has 2 saturated heterocycles. The molecule has 2 N–H and O–H groups in total. The second-order valence-electron chi connectivity index (χ2n) is 10.6. The van der Waals surface area contributed by atoms with Crippen LogP contribution in [-0.4, -0.2) is 86.1 Å². The first-order valence-electron chi connectivity index (χ1n) is 14.0. The van der Waals surface area contributed by atoms with Gasteiger partial charge in [-0.05, 0) is 81.0 Å². The van der Waals surface area contributed by atoms with Crippen LogP contribution >= 0.6 is 0 Å². The van der Waals surface area contributed by atoms with Crippen LogP contribution in [0.2, 0.25) is 0 Å². The average molecular weight is 543 g/mol. The Labute approximate surface area is 236 Å². The molecule has 0 atom stereocenters. The van der Waals surface area contributed by atoms with E-state index in [0.29, 0.717) is 35.7 Å². The summed E-state index contributed by atoms with van der Waals surface area (Å²) in [5.41, 5.74) is 4.50. The number of likely N-dealkylation sites (N-methyl/N-ethyl adjacent to an activating group) is 1. The number of ether oxygens (including phenoxy) is 1. The predicted octanol–water partition coefficient (Wildman–Crippen LogP) is 3.87. The van der Waals surface area contributed by atoms with Crippen molar-refractivity contribution in [3.05, 3.63) is 83.0 Å². The van der Waals surface area contributed by atoms with Crippen molar-refractivity contribution in [1.82, 2.24) is 14.8 Å². The molecule has 0 unspecified atom stereocenters. The van der Waals surface area contributed by atoms with Crippen LogP contribution < -0.4 is 15.5 Å². The number of pyridine rings is 1. The van der Waals surface area contributed by atoms with Crippen LogP contribution in [0, 0.1) is 6.92 Å². The van der Waals surface area contributed by atoms with Crippen molar-refractivity contribution in [3.8, 4) is 0 Å². The Balaban J connectivity index is 1.20. The monoisotopic (exact) mass is 542 g/mol. The number of aromatic nitrogens is 1. The van der Waals surface area contributed by atoms with E-state index in [1.165, 1.54) is 12.0 Å². The largest absolute Gasteiger partial charge is 0.378 e. The van der Waals surface area contributed by atoms with Gasteiger partial charge >= 0.3 is 0 Å². The number of benzene rings is 2. The topological polar surface area (TPSA) is 90.0 Å². The molecule has 0 radical (unpaired) electrons. The average Bonchev–Trinajstić information content (AvgIpc) is 3.19. The van der Waals surface area contributed by atoms with Gasteiger partial charge in [0.2, 0.25) is 0 Å². The molecule has 0 spiro atoms. The quantitative estimate of drug-likeness (QED) is 0.469. The number of rotatable bonds is 7. The third-order valence-corrected chi connectivity index (χ3v) is 7.52. The highest BCUT2D eigenvalue weighted by atomic mass is 16.5. The summed E-state index contributed by atoms with van der Waals surface area (Å²) in [7, 11) is 2.17. The molecule has 0 saturated carbocycles. The maximum atomic E-state index is 13.1. The van der Waals surface area contributed by atoms with Crippen LogP contribution in [0.25, 0.3) is 0 Å². The van der Waals surface area contributed by atoms with E-state index >= 15 is 0 Å². The Kier molecular flexibility index (Phi) is 9.05. The normalized spacial score (nSPS) is 16.8. The molecule has 0 bridgehead atoms. The lowest BCUT2D eigenvalue weighted by atomic mass is 10.1. The minimum Gasteiger partial charge on any atom is -0.378 e. The van der Waals surface area contributed by atoms with E-state index in [0.717, 1.165) is 57.2 Å². The number of hydrogen-bond donors (Lipinski definition) is 2. The minimum absolute atomic E-state index is 0.182. The lowest BCUT2D eigenvalue weighted by Gasteiger charge is -2.27. The summed E-state index contributed by atoms with van der Waals surface area (Å²) >= 11 is 0. The number of carbonyl (C=O) groups is 2. The van der Waals surface area contributed by atoms with E-state index in [-0.39, 0.29) is 11.8 Å². The van der Waals surface area contributed by atoms with Gasteiger partial charge in [0.1, 0.15) is 5.82 Å². The molecule has 2 fully saturated rings. The minimum atomic E-state index is -0.232. The van der Waals surface area contributed by atoms with Crippen molar-refractivity contribution in [2.45, 2.75) is 19.9 Å².